The van der Waals surface area contributed by atoms with Crippen LogP contribution in [0.4, 0.5) is 0 Å². The Balaban J connectivity index is 2.65. The molecule has 0 fully saturated rings. The first-order valence-electron chi connectivity index (χ1n) is 4.76. The molecule has 5 nitrogen and oxygen atoms in total. The molecule has 0 unspecified atom stereocenters. The summed E-state index contributed by atoms with van der Waals surface area (Å²) in [5.74, 6) is 0.858. The zero-order valence-electron chi connectivity index (χ0n) is 8.91. The van der Waals surface area contributed by atoms with Gasteiger partial charge in [0, 0.05) is 0 Å². The molecule has 0 aromatic carbocycles. The van der Waals surface area contributed by atoms with Crippen molar-refractivity contribution in [2.75, 3.05) is 5.75 Å². The molecule has 2 rings (SSSR count). The minimum absolute atomic E-state index is 0.489. The first-order chi connectivity index (χ1) is 8.31. The third kappa shape index (κ3) is 2.03. The van der Waals surface area contributed by atoms with Crippen LogP contribution in [0.2, 0.25) is 0 Å². The molecular weight excluding hydrogens is 254 g/mol. The Kier molecular flexibility index (Phi) is 3.43. The van der Waals surface area contributed by atoms with Crippen LogP contribution in [0.15, 0.2) is 16.9 Å². The number of nitriles is 2. The number of rotatable bonds is 3. The Morgan fingerprint density at radius 1 is 1.47 bits per heavy atom. The van der Waals surface area contributed by atoms with Gasteiger partial charge in [0.2, 0.25) is 0 Å². The van der Waals surface area contributed by atoms with Gasteiger partial charge in [0.1, 0.15) is 40.9 Å². The van der Waals surface area contributed by atoms with Crippen LogP contribution in [-0.2, 0) is 0 Å². The zero-order chi connectivity index (χ0) is 12.3. The fraction of sp³-hybridized carbons (Fsp3) is 0.200. The second kappa shape index (κ2) is 5.00. The third-order valence-corrected chi connectivity index (χ3v) is 4.22. The minimum Gasteiger partial charge on any atom is -0.223 e. The lowest BCUT2D eigenvalue weighted by molar-refractivity contribution is 0.876. The molecule has 17 heavy (non-hydrogen) atoms. The van der Waals surface area contributed by atoms with E-state index in [4.69, 9.17) is 5.26 Å². The number of hydrogen-bond donors (Lipinski definition) is 0. The maximum Gasteiger partial charge on any atom is 0.138 e. The molecule has 0 N–H and O–H groups in total. The Morgan fingerprint density at radius 3 is 2.82 bits per heavy atom. The normalized spacial score (nSPS) is 9.82. The van der Waals surface area contributed by atoms with Crippen LogP contribution in [0.25, 0.3) is 5.69 Å². The van der Waals surface area contributed by atoms with E-state index in [1.807, 2.05) is 6.92 Å². The Morgan fingerprint density at radius 2 is 2.29 bits per heavy atom. The first kappa shape index (κ1) is 11.6. The van der Waals surface area contributed by atoms with Gasteiger partial charge in [-0.1, -0.05) is 6.92 Å². The molecule has 2 heterocycles. The second-order valence-corrected chi connectivity index (χ2v) is 5.49. The molecule has 0 spiro atoms. The molecule has 2 aromatic heterocycles. The monoisotopic (exact) mass is 261 g/mol. The average molecular weight is 261 g/mol. The number of aromatic nitrogens is 3. The van der Waals surface area contributed by atoms with Crippen LogP contribution < -0.4 is 0 Å². The van der Waals surface area contributed by atoms with E-state index in [9.17, 15) is 5.26 Å². The van der Waals surface area contributed by atoms with Crippen LogP contribution in [0.1, 0.15) is 17.4 Å². The van der Waals surface area contributed by atoms with Crippen molar-refractivity contribution in [2.24, 2.45) is 0 Å². The van der Waals surface area contributed by atoms with Gasteiger partial charge in [0.15, 0.2) is 0 Å². The SMILES string of the molecule is CCSc1sc(C#N)c(-n2cncn2)c1C#N. The molecule has 0 saturated heterocycles. The van der Waals surface area contributed by atoms with Crippen molar-refractivity contribution in [3.63, 3.8) is 0 Å². The number of hydrogen-bond acceptors (Lipinski definition) is 6. The molecule has 0 saturated carbocycles. The van der Waals surface area contributed by atoms with Crippen molar-refractivity contribution in [1.29, 1.82) is 10.5 Å². The average Bonchev–Trinajstić information content (AvgIpc) is 2.95. The number of nitrogens with zero attached hydrogens (tertiary/aromatic N) is 5. The Bertz CT molecular complexity index is 600. The molecular formula is C10H7N5S2. The molecule has 0 aliphatic heterocycles. The Hall–Kier alpha value is -1.83. The van der Waals surface area contributed by atoms with E-state index < -0.39 is 0 Å². The van der Waals surface area contributed by atoms with Crippen molar-refractivity contribution in [2.45, 2.75) is 11.1 Å². The number of thioether (sulfide) groups is 1. The van der Waals surface area contributed by atoms with Gasteiger partial charge in [-0.2, -0.15) is 15.6 Å². The van der Waals surface area contributed by atoms with E-state index in [0.717, 1.165) is 9.96 Å². The van der Waals surface area contributed by atoms with Crippen molar-refractivity contribution in [3.05, 3.63) is 23.1 Å². The lowest BCUT2D eigenvalue weighted by Gasteiger charge is -1.98. The van der Waals surface area contributed by atoms with Crippen molar-refractivity contribution in [1.82, 2.24) is 14.8 Å². The van der Waals surface area contributed by atoms with Crippen molar-refractivity contribution in [3.8, 4) is 17.8 Å². The van der Waals surface area contributed by atoms with E-state index in [0.29, 0.717) is 16.1 Å². The highest BCUT2D eigenvalue weighted by atomic mass is 32.2. The summed E-state index contributed by atoms with van der Waals surface area (Å²) in [5.41, 5.74) is 1.04. The van der Waals surface area contributed by atoms with Gasteiger partial charge >= 0.3 is 0 Å². The van der Waals surface area contributed by atoms with Crippen LogP contribution in [0.3, 0.4) is 0 Å². The smallest absolute Gasteiger partial charge is 0.138 e. The summed E-state index contributed by atoms with van der Waals surface area (Å²) < 4.78 is 2.32. The van der Waals surface area contributed by atoms with Gasteiger partial charge in [-0.05, 0) is 5.75 Å². The standard InChI is InChI=1S/C10H7N5S2/c1-2-16-10-7(3-11)9(8(4-12)17-10)15-6-13-5-14-15/h5-6H,2H2,1H3. The van der Waals surface area contributed by atoms with Gasteiger partial charge in [-0.15, -0.1) is 23.1 Å². The quantitative estimate of drug-likeness (QED) is 0.791. The Labute approximate surface area is 106 Å². The van der Waals surface area contributed by atoms with E-state index >= 15 is 0 Å². The highest BCUT2D eigenvalue weighted by molar-refractivity contribution is 8.01. The fourth-order valence-electron chi connectivity index (χ4n) is 1.35. The molecule has 0 amide bonds. The van der Waals surface area contributed by atoms with E-state index in [1.54, 1.807) is 11.8 Å². The van der Waals surface area contributed by atoms with Crippen molar-refractivity contribution >= 4 is 23.1 Å². The van der Waals surface area contributed by atoms with Crippen LogP contribution in [0, 0.1) is 22.7 Å². The van der Waals surface area contributed by atoms with Gasteiger partial charge in [0.05, 0.1) is 4.21 Å². The maximum atomic E-state index is 9.21. The van der Waals surface area contributed by atoms with Gasteiger partial charge in [0.25, 0.3) is 0 Å². The van der Waals surface area contributed by atoms with Gasteiger partial charge in [-0.25, -0.2) is 9.67 Å². The highest BCUT2D eigenvalue weighted by Crippen LogP contribution is 2.37. The minimum atomic E-state index is 0.489. The fourth-order valence-corrected chi connectivity index (χ4v) is 3.51. The maximum absolute atomic E-state index is 9.21. The summed E-state index contributed by atoms with van der Waals surface area (Å²) in [7, 11) is 0. The first-order valence-corrected chi connectivity index (χ1v) is 6.56. The summed E-state index contributed by atoms with van der Waals surface area (Å²) in [5, 5.41) is 22.3. The molecule has 2 aromatic rings. The summed E-state index contributed by atoms with van der Waals surface area (Å²) >= 11 is 2.88. The third-order valence-electron chi connectivity index (χ3n) is 1.99. The van der Waals surface area contributed by atoms with E-state index in [2.05, 4.69) is 22.2 Å². The molecule has 84 valence electrons. The van der Waals surface area contributed by atoms with Gasteiger partial charge < -0.3 is 0 Å². The van der Waals surface area contributed by atoms with E-state index in [-0.39, 0.29) is 0 Å². The van der Waals surface area contributed by atoms with Crippen molar-refractivity contribution < 1.29 is 0 Å². The van der Waals surface area contributed by atoms with Gasteiger partial charge in [-0.3, -0.25) is 0 Å². The summed E-state index contributed by atoms with van der Waals surface area (Å²) in [4.78, 5) is 4.32. The summed E-state index contributed by atoms with van der Waals surface area (Å²) in [6.07, 6.45) is 2.87. The zero-order valence-corrected chi connectivity index (χ0v) is 10.5. The lowest BCUT2D eigenvalue weighted by Crippen LogP contribution is -1.97. The van der Waals surface area contributed by atoms with E-state index in [1.165, 1.54) is 28.7 Å². The predicted octanol–water partition coefficient (Wildman–Crippen LogP) is 2.18. The largest absolute Gasteiger partial charge is 0.223 e. The molecule has 7 heteroatoms. The molecule has 0 bridgehead atoms. The van der Waals surface area contributed by atoms with Crippen LogP contribution in [-0.4, -0.2) is 20.5 Å². The molecule has 0 aliphatic rings. The van der Waals surface area contributed by atoms with Crippen LogP contribution in [0.5, 0.6) is 0 Å². The van der Waals surface area contributed by atoms with Crippen LogP contribution >= 0.6 is 23.1 Å². The topological polar surface area (TPSA) is 78.3 Å². The molecule has 0 aliphatic carbocycles. The summed E-state index contributed by atoms with van der Waals surface area (Å²) in [6, 6.07) is 4.24. The number of thiophene rings is 1. The molecule has 0 atom stereocenters. The highest BCUT2D eigenvalue weighted by Gasteiger charge is 2.20. The summed E-state index contributed by atoms with van der Waals surface area (Å²) in [6.45, 7) is 2.01. The molecule has 0 radical (unpaired) electrons. The lowest BCUT2D eigenvalue weighted by atomic mass is 10.3. The predicted molar refractivity (Wildman–Crippen MR) is 65.1 cm³/mol. The second-order valence-electron chi connectivity index (χ2n) is 2.94.